The summed E-state index contributed by atoms with van der Waals surface area (Å²) in [5, 5.41) is 12.2. The summed E-state index contributed by atoms with van der Waals surface area (Å²) >= 11 is 0. The van der Waals surface area contributed by atoms with E-state index in [4.69, 9.17) is 11.5 Å². The molecule has 2 atom stereocenters. The zero-order chi connectivity index (χ0) is 14.8. The molecule has 0 aliphatic rings. The van der Waals surface area contributed by atoms with Crippen molar-refractivity contribution in [3.05, 3.63) is 0 Å². The number of nitrogens with two attached hydrogens (primary N) is 2. The summed E-state index contributed by atoms with van der Waals surface area (Å²) in [6.45, 7) is 6.38. The number of Topliss-reactive ketones (excluding diaryl/α,β-unsaturated/α-hetero) is 1. The fourth-order valence-electron chi connectivity index (χ4n) is 1.69. The van der Waals surface area contributed by atoms with Crippen LogP contribution in [0.4, 0.5) is 0 Å². The Labute approximate surface area is 114 Å². The van der Waals surface area contributed by atoms with Gasteiger partial charge in [-0.2, -0.15) is 0 Å². The van der Waals surface area contributed by atoms with Crippen molar-refractivity contribution in [2.75, 3.05) is 39.3 Å². The monoisotopic (exact) mass is 274 g/mol. The van der Waals surface area contributed by atoms with Crippen LogP contribution >= 0.6 is 0 Å². The molecule has 112 valence electrons. The lowest BCUT2D eigenvalue weighted by molar-refractivity contribution is -0.136. The first kappa shape index (κ1) is 18.0. The number of nitrogens with zero attached hydrogens (tertiary/aromatic N) is 1. The van der Waals surface area contributed by atoms with E-state index in [9.17, 15) is 14.7 Å². The van der Waals surface area contributed by atoms with E-state index < -0.39 is 17.8 Å². The fraction of sp³-hybridized carbons (Fsp3) is 0.833. The Bertz CT molecular complexity index is 280. The van der Waals surface area contributed by atoms with Crippen LogP contribution in [0.3, 0.4) is 0 Å². The van der Waals surface area contributed by atoms with Crippen LogP contribution in [-0.2, 0) is 9.59 Å². The third-order valence-corrected chi connectivity index (χ3v) is 2.92. The van der Waals surface area contributed by atoms with Crippen molar-refractivity contribution >= 4 is 11.7 Å². The molecule has 2 unspecified atom stereocenters. The van der Waals surface area contributed by atoms with E-state index in [0.29, 0.717) is 26.2 Å². The van der Waals surface area contributed by atoms with E-state index in [1.165, 1.54) is 13.8 Å². The predicted molar refractivity (Wildman–Crippen MR) is 73.4 cm³/mol. The number of amides is 1. The minimum Gasteiger partial charge on any atom is -0.385 e. The van der Waals surface area contributed by atoms with Crippen LogP contribution in [0.2, 0.25) is 0 Å². The molecule has 6 N–H and O–H groups in total. The Hall–Kier alpha value is -1.02. The fourth-order valence-corrected chi connectivity index (χ4v) is 1.69. The normalized spacial score (nSPS) is 14.2. The predicted octanol–water partition coefficient (Wildman–Crippen LogP) is -2.09. The zero-order valence-electron chi connectivity index (χ0n) is 11.8. The topological polar surface area (TPSA) is 122 Å². The van der Waals surface area contributed by atoms with Crippen molar-refractivity contribution in [3.63, 3.8) is 0 Å². The first-order valence-corrected chi connectivity index (χ1v) is 6.52. The van der Waals surface area contributed by atoms with E-state index in [1.54, 1.807) is 0 Å². The van der Waals surface area contributed by atoms with Crippen LogP contribution < -0.4 is 16.8 Å². The first-order valence-electron chi connectivity index (χ1n) is 6.52. The lowest BCUT2D eigenvalue weighted by Crippen LogP contribution is -2.43. The summed E-state index contributed by atoms with van der Waals surface area (Å²) in [6.07, 6.45) is -1.25. The van der Waals surface area contributed by atoms with Crippen molar-refractivity contribution in [1.82, 2.24) is 10.2 Å². The maximum Gasteiger partial charge on any atom is 0.225 e. The Kier molecular flexibility index (Phi) is 9.32. The van der Waals surface area contributed by atoms with Gasteiger partial charge in [0.05, 0.1) is 5.92 Å². The second-order valence-electron chi connectivity index (χ2n) is 4.55. The maximum atomic E-state index is 11.7. The first-order chi connectivity index (χ1) is 8.93. The smallest absolute Gasteiger partial charge is 0.225 e. The third kappa shape index (κ3) is 7.22. The zero-order valence-corrected chi connectivity index (χ0v) is 11.8. The highest BCUT2D eigenvalue weighted by Gasteiger charge is 2.25. The molecule has 19 heavy (non-hydrogen) atoms. The van der Waals surface area contributed by atoms with Gasteiger partial charge in [-0.05, 0) is 6.92 Å². The Balaban J connectivity index is 4.04. The number of carbonyl (C=O) groups is 2. The maximum absolute atomic E-state index is 11.7. The van der Waals surface area contributed by atoms with E-state index in [0.717, 1.165) is 13.1 Å². The number of aliphatic hydroxyl groups excluding tert-OH is 1. The minimum atomic E-state index is -1.25. The highest BCUT2D eigenvalue weighted by molar-refractivity contribution is 5.88. The second kappa shape index (κ2) is 9.85. The Morgan fingerprint density at radius 1 is 1.21 bits per heavy atom. The number of carbonyl (C=O) groups excluding carboxylic acids is 2. The molecule has 0 aromatic rings. The van der Waals surface area contributed by atoms with Gasteiger partial charge in [0.15, 0.2) is 5.78 Å². The van der Waals surface area contributed by atoms with Crippen LogP contribution in [0.15, 0.2) is 0 Å². The van der Waals surface area contributed by atoms with Crippen molar-refractivity contribution in [2.45, 2.75) is 20.0 Å². The largest absolute Gasteiger partial charge is 0.385 e. The molecule has 0 saturated heterocycles. The highest BCUT2D eigenvalue weighted by Crippen LogP contribution is 2.03. The molecule has 0 radical (unpaired) electrons. The van der Waals surface area contributed by atoms with Gasteiger partial charge in [0, 0.05) is 39.3 Å². The minimum absolute atomic E-state index is 0.330. The van der Waals surface area contributed by atoms with E-state index >= 15 is 0 Å². The van der Waals surface area contributed by atoms with Gasteiger partial charge in [-0.15, -0.1) is 0 Å². The van der Waals surface area contributed by atoms with Gasteiger partial charge in [-0.3, -0.25) is 14.5 Å². The van der Waals surface area contributed by atoms with Gasteiger partial charge in [-0.25, -0.2) is 0 Å². The van der Waals surface area contributed by atoms with Crippen LogP contribution in [0.1, 0.15) is 13.8 Å². The molecule has 7 heteroatoms. The quantitative estimate of drug-likeness (QED) is 0.362. The molecule has 0 aromatic heterocycles. The average molecular weight is 274 g/mol. The molecule has 0 heterocycles. The standard InChI is InChI=1S/C12H26N4O3/c1-9(11(18)10(2)17)12(19)15-5-8-16(6-3-13)7-4-14/h9,11,18H,3-8,13-14H2,1-2H3,(H,15,19). The SMILES string of the molecule is CC(=O)C(O)C(C)C(=O)NCCN(CCN)CCN. The number of rotatable bonds is 10. The van der Waals surface area contributed by atoms with Gasteiger partial charge < -0.3 is 21.9 Å². The molecular formula is C12H26N4O3. The van der Waals surface area contributed by atoms with Crippen molar-refractivity contribution in [2.24, 2.45) is 17.4 Å². The molecule has 0 bridgehead atoms. The number of aliphatic hydroxyl groups is 1. The van der Waals surface area contributed by atoms with Crippen molar-refractivity contribution in [3.8, 4) is 0 Å². The van der Waals surface area contributed by atoms with Crippen molar-refractivity contribution in [1.29, 1.82) is 0 Å². The molecule has 1 amide bonds. The number of hydrogen-bond acceptors (Lipinski definition) is 6. The molecule has 0 aliphatic heterocycles. The van der Waals surface area contributed by atoms with Gasteiger partial charge >= 0.3 is 0 Å². The van der Waals surface area contributed by atoms with Gasteiger partial charge in [-0.1, -0.05) is 6.92 Å². The van der Waals surface area contributed by atoms with Gasteiger partial charge in [0.25, 0.3) is 0 Å². The second-order valence-corrected chi connectivity index (χ2v) is 4.55. The van der Waals surface area contributed by atoms with Crippen LogP contribution in [0.5, 0.6) is 0 Å². The number of ketones is 1. The highest BCUT2D eigenvalue weighted by atomic mass is 16.3. The molecule has 0 rings (SSSR count). The summed E-state index contributed by atoms with van der Waals surface area (Å²) in [5.41, 5.74) is 10.9. The Morgan fingerprint density at radius 2 is 1.74 bits per heavy atom. The molecule has 7 nitrogen and oxygen atoms in total. The van der Waals surface area contributed by atoms with Crippen LogP contribution in [0, 0.1) is 5.92 Å². The van der Waals surface area contributed by atoms with E-state index in [1.807, 2.05) is 4.90 Å². The lowest BCUT2D eigenvalue weighted by atomic mass is 10.0. The van der Waals surface area contributed by atoms with E-state index in [2.05, 4.69) is 5.32 Å². The molecular weight excluding hydrogens is 248 g/mol. The number of nitrogens with one attached hydrogen (secondary N) is 1. The van der Waals surface area contributed by atoms with Crippen LogP contribution in [-0.4, -0.2) is 67.1 Å². The Morgan fingerprint density at radius 3 is 2.16 bits per heavy atom. The van der Waals surface area contributed by atoms with Gasteiger partial charge in [0.2, 0.25) is 5.91 Å². The molecule has 0 fully saturated rings. The number of hydrogen-bond donors (Lipinski definition) is 4. The van der Waals surface area contributed by atoms with Gasteiger partial charge in [0.1, 0.15) is 6.10 Å². The third-order valence-electron chi connectivity index (χ3n) is 2.92. The summed E-state index contributed by atoms with van der Waals surface area (Å²) < 4.78 is 0. The van der Waals surface area contributed by atoms with E-state index in [-0.39, 0.29) is 5.91 Å². The average Bonchev–Trinajstić information content (AvgIpc) is 2.37. The summed E-state index contributed by atoms with van der Waals surface area (Å²) in [4.78, 5) is 24.7. The molecule has 0 saturated carbocycles. The molecule has 0 spiro atoms. The van der Waals surface area contributed by atoms with Crippen LogP contribution in [0.25, 0.3) is 0 Å². The summed E-state index contributed by atoms with van der Waals surface area (Å²) in [7, 11) is 0. The lowest BCUT2D eigenvalue weighted by Gasteiger charge is -2.22. The summed E-state index contributed by atoms with van der Waals surface area (Å²) in [6, 6.07) is 0. The molecule has 0 aliphatic carbocycles. The van der Waals surface area contributed by atoms with Crippen molar-refractivity contribution < 1.29 is 14.7 Å². The molecule has 0 aromatic carbocycles. The summed E-state index contributed by atoms with van der Waals surface area (Å²) in [5.74, 6) is -1.48.